The highest BCUT2D eigenvalue weighted by atomic mass is 16.3. The van der Waals surface area contributed by atoms with Gasteiger partial charge in [-0.3, -0.25) is 0 Å². The molecule has 0 radical (unpaired) electrons. The molecule has 1 fully saturated rings. The van der Waals surface area contributed by atoms with Gasteiger partial charge in [-0.15, -0.1) is 0 Å². The van der Waals surface area contributed by atoms with Crippen molar-refractivity contribution in [2.45, 2.75) is 18.9 Å². The second kappa shape index (κ2) is 3.83. The van der Waals surface area contributed by atoms with Gasteiger partial charge in [0, 0.05) is 17.4 Å². The zero-order valence-corrected chi connectivity index (χ0v) is 9.11. The number of rotatable bonds is 4. The first-order valence-corrected chi connectivity index (χ1v) is 5.82. The first kappa shape index (κ1) is 9.73. The van der Waals surface area contributed by atoms with Crippen LogP contribution < -0.4 is 5.32 Å². The van der Waals surface area contributed by atoms with Crippen molar-refractivity contribution < 1.29 is 5.11 Å². The van der Waals surface area contributed by atoms with E-state index in [1.165, 1.54) is 18.2 Å². The Balaban J connectivity index is 1.69. The first-order chi connectivity index (χ1) is 7.83. The van der Waals surface area contributed by atoms with E-state index in [9.17, 15) is 5.11 Å². The molecule has 1 saturated carbocycles. The third-order valence-corrected chi connectivity index (χ3v) is 3.20. The summed E-state index contributed by atoms with van der Waals surface area (Å²) in [6, 6.07) is 10.3. The molecule has 1 aliphatic carbocycles. The van der Waals surface area contributed by atoms with Gasteiger partial charge >= 0.3 is 0 Å². The van der Waals surface area contributed by atoms with Crippen LogP contribution in [0.2, 0.25) is 0 Å². The number of aliphatic hydroxyl groups is 1. The van der Waals surface area contributed by atoms with Crippen LogP contribution in [0.15, 0.2) is 30.3 Å². The average Bonchev–Trinajstić information content (AvgIpc) is 3.06. The van der Waals surface area contributed by atoms with Gasteiger partial charge in [0.25, 0.3) is 0 Å². The number of fused-ring (bicyclic) bond motifs is 1. The van der Waals surface area contributed by atoms with E-state index in [1.54, 1.807) is 0 Å². The minimum atomic E-state index is -0.202. The predicted octanol–water partition coefficient (Wildman–Crippen LogP) is 2.35. The smallest absolute Gasteiger partial charge is 0.104 e. The molecule has 3 rings (SSSR count). The molecule has 1 aromatic carbocycles. The van der Waals surface area contributed by atoms with Crippen molar-refractivity contribution in [3.05, 3.63) is 30.3 Å². The molecule has 3 N–H and O–H groups in total. The lowest BCUT2D eigenvalue weighted by Crippen LogP contribution is -2.21. The molecule has 84 valence electrons. The number of aromatic amines is 1. The van der Waals surface area contributed by atoms with Crippen LogP contribution in [-0.2, 0) is 0 Å². The Morgan fingerprint density at radius 1 is 1.38 bits per heavy atom. The fourth-order valence-electron chi connectivity index (χ4n) is 2.03. The summed E-state index contributed by atoms with van der Waals surface area (Å²) in [5.74, 6) is 1.51. The summed E-state index contributed by atoms with van der Waals surface area (Å²) in [7, 11) is 0. The van der Waals surface area contributed by atoms with Crippen LogP contribution in [0.5, 0.6) is 0 Å². The zero-order valence-electron chi connectivity index (χ0n) is 9.11. The quantitative estimate of drug-likeness (QED) is 0.734. The van der Waals surface area contributed by atoms with Crippen molar-refractivity contribution in [1.29, 1.82) is 0 Å². The Morgan fingerprint density at radius 3 is 2.94 bits per heavy atom. The molecule has 0 saturated heterocycles. The number of benzene rings is 1. The van der Waals surface area contributed by atoms with Crippen LogP contribution in [0.3, 0.4) is 0 Å². The second-order valence-electron chi connectivity index (χ2n) is 4.56. The summed E-state index contributed by atoms with van der Waals surface area (Å²) in [5, 5.41) is 14.2. The van der Waals surface area contributed by atoms with Crippen molar-refractivity contribution in [3.8, 4) is 0 Å². The Kier molecular flexibility index (Phi) is 2.33. The standard InChI is InChI=1S/C13H16N2O/c16-12(9-5-6-9)8-14-13-7-10-3-1-2-4-11(10)15-13/h1-4,7,9,12,14-16H,5-6,8H2. The Bertz CT molecular complexity index is 454. The highest BCUT2D eigenvalue weighted by Gasteiger charge is 2.29. The van der Waals surface area contributed by atoms with Crippen LogP contribution in [0.1, 0.15) is 12.8 Å². The van der Waals surface area contributed by atoms with E-state index in [4.69, 9.17) is 0 Å². The molecule has 1 atom stereocenters. The third kappa shape index (κ3) is 1.91. The van der Waals surface area contributed by atoms with E-state index in [1.807, 2.05) is 12.1 Å². The topological polar surface area (TPSA) is 48.0 Å². The molecule has 1 unspecified atom stereocenters. The number of hydrogen-bond acceptors (Lipinski definition) is 2. The Labute approximate surface area is 94.5 Å². The summed E-state index contributed by atoms with van der Waals surface area (Å²) in [5.41, 5.74) is 1.13. The fourth-order valence-corrected chi connectivity index (χ4v) is 2.03. The van der Waals surface area contributed by atoms with Crippen molar-refractivity contribution >= 4 is 16.7 Å². The average molecular weight is 216 g/mol. The zero-order chi connectivity index (χ0) is 11.0. The number of para-hydroxylation sites is 1. The molecular formula is C13H16N2O. The van der Waals surface area contributed by atoms with E-state index in [0.717, 1.165) is 11.3 Å². The van der Waals surface area contributed by atoms with E-state index in [-0.39, 0.29) is 6.10 Å². The molecule has 0 spiro atoms. The van der Waals surface area contributed by atoms with Gasteiger partial charge in [0.05, 0.1) is 6.10 Å². The normalized spacial score (nSPS) is 17.6. The van der Waals surface area contributed by atoms with Crippen molar-refractivity contribution in [2.24, 2.45) is 5.92 Å². The molecule has 1 aromatic heterocycles. The highest BCUT2D eigenvalue weighted by Crippen LogP contribution is 2.32. The number of aliphatic hydroxyl groups excluding tert-OH is 1. The van der Waals surface area contributed by atoms with Crippen molar-refractivity contribution in [2.75, 3.05) is 11.9 Å². The number of hydrogen-bond donors (Lipinski definition) is 3. The van der Waals surface area contributed by atoms with E-state index >= 15 is 0 Å². The van der Waals surface area contributed by atoms with E-state index in [2.05, 4.69) is 28.5 Å². The molecule has 1 aliphatic rings. The van der Waals surface area contributed by atoms with Gasteiger partial charge in [-0.25, -0.2) is 0 Å². The number of nitrogens with one attached hydrogen (secondary N) is 2. The molecule has 0 aliphatic heterocycles. The first-order valence-electron chi connectivity index (χ1n) is 5.82. The van der Waals surface area contributed by atoms with Crippen molar-refractivity contribution in [3.63, 3.8) is 0 Å². The van der Waals surface area contributed by atoms with Gasteiger partial charge in [0.15, 0.2) is 0 Å². The molecule has 3 heteroatoms. The summed E-state index contributed by atoms with van der Waals surface area (Å²) in [4.78, 5) is 3.29. The van der Waals surface area contributed by atoms with Gasteiger partial charge in [-0.05, 0) is 30.9 Å². The van der Waals surface area contributed by atoms with Crippen LogP contribution in [0.4, 0.5) is 5.82 Å². The monoisotopic (exact) mass is 216 g/mol. The lowest BCUT2D eigenvalue weighted by Gasteiger charge is -2.09. The lowest BCUT2D eigenvalue weighted by molar-refractivity contribution is 0.164. The maximum atomic E-state index is 9.75. The van der Waals surface area contributed by atoms with Gasteiger partial charge < -0.3 is 15.4 Å². The fraction of sp³-hybridized carbons (Fsp3) is 0.385. The van der Waals surface area contributed by atoms with Crippen LogP contribution in [0, 0.1) is 5.92 Å². The summed E-state index contributed by atoms with van der Waals surface area (Å²) >= 11 is 0. The molecule has 0 bridgehead atoms. The minimum absolute atomic E-state index is 0.202. The van der Waals surface area contributed by atoms with Gasteiger partial charge in [-0.1, -0.05) is 18.2 Å². The molecule has 0 amide bonds. The molecule has 16 heavy (non-hydrogen) atoms. The van der Waals surface area contributed by atoms with Crippen LogP contribution in [-0.4, -0.2) is 22.7 Å². The molecule has 3 nitrogen and oxygen atoms in total. The van der Waals surface area contributed by atoms with Gasteiger partial charge in [0.2, 0.25) is 0 Å². The summed E-state index contributed by atoms with van der Waals surface area (Å²) in [6.07, 6.45) is 2.15. The predicted molar refractivity (Wildman–Crippen MR) is 65.5 cm³/mol. The SMILES string of the molecule is OC(CNc1cc2ccccc2[nH]1)C1CC1. The van der Waals surface area contributed by atoms with Crippen LogP contribution in [0.25, 0.3) is 10.9 Å². The summed E-state index contributed by atoms with van der Waals surface area (Å²) in [6.45, 7) is 0.636. The maximum Gasteiger partial charge on any atom is 0.104 e. The van der Waals surface area contributed by atoms with Gasteiger partial charge in [-0.2, -0.15) is 0 Å². The lowest BCUT2D eigenvalue weighted by atomic mass is 10.2. The van der Waals surface area contributed by atoms with E-state index < -0.39 is 0 Å². The molecular weight excluding hydrogens is 200 g/mol. The maximum absolute atomic E-state index is 9.75. The molecule has 2 aromatic rings. The van der Waals surface area contributed by atoms with E-state index in [0.29, 0.717) is 12.5 Å². The second-order valence-corrected chi connectivity index (χ2v) is 4.56. The number of aromatic nitrogens is 1. The largest absolute Gasteiger partial charge is 0.391 e. The van der Waals surface area contributed by atoms with Crippen molar-refractivity contribution in [1.82, 2.24) is 4.98 Å². The summed E-state index contributed by atoms with van der Waals surface area (Å²) < 4.78 is 0. The van der Waals surface area contributed by atoms with Gasteiger partial charge in [0.1, 0.15) is 5.82 Å². The third-order valence-electron chi connectivity index (χ3n) is 3.20. The number of H-pyrrole nitrogens is 1. The number of anilines is 1. The minimum Gasteiger partial charge on any atom is -0.391 e. The Hall–Kier alpha value is -1.48. The molecule has 1 heterocycles. The highest BCUT2D eigenvalue weighted by molar-refractivity contribution is 5.83. The van der Waals surface area contributed by atoms with Crippen LogP contribution >= 0.6 is 0 Å². The Morgan fingerprint density at radius 2 is 2.19 bits per heavy atom.